The molecule has 2 atom stereocenters. The molecule has 106 valence electrons. The van der Waals surface area contributed by atoms with E-state index in [0.29, 0.717) is 0 Å². The second-order valence-electron chi connectivity index (χ2n) is 4.98. The predicted molar refractivity (Wildman–Crippen MR) is 71.5 cm³/mol. The van der Waals surface area contributed by atoms with Crippen LogP contribution in [0.4, 0.5) is 0 Å². The van der Waals surface area contributed by atoms with Gasteiger partial charge in [0.1, 0.15) is 0 Å². The van der Waals surface area contributed by atoms with Crippen LogP contribution in [-0.2, 0) is 15.1 Å². The number of carbonyl (C=O) groups is 1. The number of nitrogens with one attached hydrogen (secondary N) is 1. The lowest BCUT2D eigenvalue weighted by atomic mass is 9.92. The molecule has 19 heavy (non-hydrogen) atoms. The lowest BCUT2D eigenvalue weighted by Crippen LogP contribution is -2.53. The Hall–Kier alpha value is -1.43. The van der Waals surface area contributed by atoms with Crippen molar-refractivity contribution in [2.75, 3.05) is 20.3 Å². The van der Waals surface area contributed by atoms with Crippen molar-refractivity contribution in [1.82, 2.24) is 5.32 Å². The van der Waals surface area contributed by atoms with Crippen LogP contribution in [-0.4, -0.2) is 42.0 Å². The first-order valence-corrected chi connectivity index (χ1v) is 6.08. The molecule has 3 N–H and O–H groups in total. The minimum absolute atomic E-state index is 0.0222. The van der Waals surface area contributed by atoms with Crippen LogP contribution >= 0.6 is 0 Å². The third kappa shape index (κ3) is 3.76. The minimum atomic E-state index is -1.64. The smallest absolute Gasteiger partial charge is 0.338 e. The molecule has 0 heterocycles. The molecule has 1 rings (SSSR count). The van der Waals surface area contributed by atoms with Gasteiger partial charge in [0.05, 0.1) is 19.3 Å². The maximum atomic E-state index is 11.4. The van der Waals surface area contributed by atoms with Crippen molar-refractivity contribution in [2.24, 2.45) is 0 Å². The molecule has 0 bridgehead atoms. The van der Waals surface area contributed by atoms with Crippen LogP contribution < -0.4 is 5.32 Å². The molecule has 0 aliphatic rings. The highest BCUT2D eigenvalue weighted by Crippen LogP contribution is 2.20. The van der Waals surface area contributed by atoms with Gasteiger partial charge in [0, 0.05) is 6.54 Å². The quantitative estimate of drug-likeness (QED) is 0.651. The Labute approximate surface area is 113 Å². The molecule has 1 aromatic rings. The molecule has 0 saturated heterocycles. The molecule has 1 aromatic carbocycles. The fourth-order valence-electron chi connectivity index (χ4n) is 1.71. The van der Waals surface area contributed by atoms with Crippen LogP contribution in [0.1, 0.15) is 19.4 Å². The normalized spacial score (nSPS) is 17.3. The first kappa shape index (κ1) is 15.6. The Morgan fingerprint density at radius 2 is 1.89 bits per heavy atom. The molecule has 0 radical (unpaired) electrons. The summed E-state index contributed by atoms with van der Waals surface area (Å²) in [6.45, 7) is 2.99. The summed E-state index contributed by atoms with van der Waals surface area (Å²) in [5.74, 6) is -0.714. The monoisotopic (exact) mass is 267 g/mol. The van der Waals surface area contributed by atoms with Crippen LogP contribution in [0, 0.1) is 0 Å². The van der Waals surface area contributed by atoms with Gasteiger partial charge in [0.2, 0.25) is 0 Å². The highest BCUT2D eigenvalue weighted by atomic mass is 16.5. The Bertz CT molecular complexity index is 419. The maximum Gasteiger partial charge on any atom is 0.338 e. The van der Waals surface area contributed by atoms with Crippen LogP contribution in [0.2, 0.25) is 0 Å². The molecule has 0 aromatic heterocycles. The van der Waals surface area contributed by atoms with Gasteiger partial charge in [-0.25, -0.2) is 4.79 Å². The van der Waals surface area contributed by atoms with Crippen LogP contribution in [0.15, 0.2) is 30.3 Å². The molecule has 0 fully saturated rings. The van der Waals surface area contributed by atoms with Gasteiger partial charge < -0.3 is 20.3 Å². The third-order valence-electron chi connectivity index (χ3n) is 3.18. The number of esters is 1. The van der Waals surface area contributed by atoms with Gasteiger partial charge in [-0.05, 0) is 19.4 Å². The molecule has 5 nitrogen and oxygen atoms in total. The van der Waals surface area contributed by atoms with Crippen molar-refractivity contribution in [2.45, 2.75) is 25.0 Å². The Morgan fingerprint density at radius 3 is 2.37 bits per heavy atom. The lowest BCUT2D eigenvalue weighted by molar-refractivity contribution is -0.160. The number of ether oxygens (including phenoxy) is 1. The number of carbonyl (C=O) groups excluding carboxylic acids is 1. The second-order valence-corrected chi connectivity index (χ2v) is 4.98. The van der Waals surface area contributed by atoms with Crippen molar-refractivity contribution in [3.63, 3.8) is 0 Å². The van der Waals surface area contributed by atoms with E-state index < -0.39 is 17.1 Å². The molecular formula is C14H21NO4. The van der Waals surface area contributed by atoms with Crippen molar-refractivity contribution in [1.29, 1.82) is 0 Å². The van der Waals surface area contributed by atoms with E-state index in [4.69, 9.17) is 0 Å². The SMILES string of the molecule is COC(=O)C(C)(O)CNC(C)(CO)c1ccccc1. The fourth-order valence-corrected chi connectivity index (χ4v) is 1.71. The van der Waals surface area contributed by atoms with E-state index in [1.807, 2.05) is 30.3 Å². The zero-order chi connectivity index (χ0) is 14.5. The van der Waals surface area contributed by atoms with E-state index in [9.17, 15) is 15.0 Å². The maximum absolute atomic E-state index is 11.4. The first-order valence-electron chi connectivity index (χ1n) is 6.08. The zero-order valence-corrected chi connectivity index (χ0v) is 11.5. The number of aliphatic hydroxyl groups is 2. The molecule has 0 amide bonds. The number of benzene rings is 1. The van der Waals surface area contributed by atoms with E-state index in [0.717, 1.165) is 5.56 Å². The Kier molecular flexibility index (Phi) is 5.05. The first-order chi connectivity index (χ1) is 8.85. The summed E-state index contributed by atoms with van der Waals surface area (Å²) < 4.78 is 4.53. The number of hydrogen-bond donors (Lipinski definition) is 3. The summed E-state index contributed by atoms with van der Waals surface area (Å²) in [5, 5.41) is 22.6. The van der Waals surface area contributed by atoms with Crippen LogP contribution in [0.5, 0.6) is 0 Å². The Balaban J connectivity index is 2.81. The van der Waals surface area contributed by atoms with Crippen molar-refractivity contribution in [3.8, 4) is 0 Å². The average Bonchev–Trinajstić information content (AvgIpc) is 2.44. The van der Waals surface area contributed by atoms with Gasteiger partial charge >= 0.3 is 5.97 Å². The average molecular weight is 267 g/mol. The highest BCUT2D eigenvalue weighted by Gasteiger charge is 2.35. The van der Waals surface area contributed by atoms with E-state index >= 15 is 0 Å². The summed E-state index contributed by atoms with van der Waals surface area (Å²) in [6, 6.07) is 9.35. The molecule has 0 aliphatic carbocycles. The largest absolute Gasteiger partial charge is 0.467 e. The van der Waals surface area contributed by atoms with Crippen LogP contribution in [0.25, 0.3) is 0 Å². The minimum Gasteiger partial charge on any atom is -0.467 e. The standard InChI is InChI=1S/C14H21NO4/c1-13(10-16,11-7-5-4-6-8-11)15-9-14(2,18)12(17)19-3/h4-8,15-16,18H,9-10H2,1-3H3. The van der Waals surface area contributed by atoms with Crippen LogP contribution in [0.3, 0.4) is 0 Å². The number of rotatable bonds is 6. The van der Waals surface area contributed by atoms with Gasteiger partial charge in [-0.1, -0.05) is 30.3 Å². The fraction of sp³-hybridized carbons (Fsp3) is 0.500. The summed E-state index contributed by atoms with van der Waals surface area (Å²) >= 11 is 0. The van der Waals surface area contributed by atoms with E-state index in [1.165, 1.54) is 14.0 Å². The van der Waals surface area contributed by atoms with Gasteiger partial charge in [-0.15, -0.1) is 0 Å². The van der Waals surface area contributed by atoms with Crippen molar-refractivity contribution in [3.05, 3.63) is 35.9 Å². The number of hydrogen-bond acceptors (Lipinski definition) is 5. The molecule has 0 aliphatic heterocycles. The highest BCUT2D eigenvalue weighted by molar-refractivity contribution is 5.78. The molecule has 0 spiro atoms. The van der Waals surface area contributed by atoms with E-state index in [-0.39, 0.29) is 13.2 Å². The topological polar surface area (TPSA) is 78.8 Å². The van der Waals surface area contributed by atoms with Crippen molar-refractivity contribution < 1.29 is 19.7 Å². The molecular weight excluding hydrogens is 246 g/mol. The van der Waals surface area contributed by atoms with Gasteiger partial charge in [-0.2, -0.15) is 0 Å². The summed E-state index contributed by atoms with van der Waals surface area (Å²) in [5.41, 5.74) is -1.50. The second kappa shape index (κ2) is 6.14. The number of methoxy groups -OCH3 is 1. The third-order valence-corrected chi connectivity index (χ3v) is 3.18. The summed E-state index contributed by atoms with van der Waals surface area (Å²) in [4.78, 5) is 11.4. The summed E-state index contributed by atoms with van der Waals surface area (Å²) in [6.07, 6.45) is 0. The predicted octanol–water partition coefficient (Wildman–Crippen LogP) is 0.408. The van der Waals surface area contributed by atoms with E-state index in [1.54, 1.807) is 6.92 Å². The summed E-state index contributed by atoms with van der Waals surface area (Å²) in [7, 11) is 1.22. The van der Waals surface area contributed by atoms with Gasteiger partial charge in [0.15, 0.2) is 5.60 Å². The Morgan fingerprint density at radius 1 is 1.32 bits per heavy atom. The molecule has 0 saturated carbocycles. The lowest BCUT2D eigenvalue weighted by Gasteiger charge is -2.32. The van der Waals surface area contributed by atoms with Gasteiger partial charge in [-0.3, -0.25) is 0 Å². The van der Waals surface area contributed by atoms with E-state index in [2.05, 4.69) is 10.1 Å². The molecule has 5 heteroatoms. The number of aliphatic hydroxyl groups excluding tert-OH is 1. The zero-order valence-electron chi connectivity index (χ0n) is 11.5. The molecule has 2 unspecified atom stereocenters. The van der Waals surface area contributed by atoms with Gasteiger partial charge in [0.25, 0.3) is 0 Å². The van der Waals surface area contributed by atoms with Crippen molar-refractivity contribution >= 4 is 5.97 Å².